The van der Waals surface area contributed by atoms with Crippen LogP contribution in [0.1, 0.15) is 31.0 Å². The van der Waals surface area contributed by atoms with E-state index in [9.17, 15) is 14.4 Å². The number of esters is 1. The molecule has 2 heterocycles. The molecule has 3 rings (SSSR count). The molecule has 128 valence electrons. The second-order valence-corrected chi connectivity index (χ2v) is 6.60. The summed E-state index contributed by atoms with van der Waals surface area (Å²) in [5.74, 6) is -2.39. The second-order valence-electron chi connectivity index (χ2n) is 6.60. The predicted octanol–water partition coefficient (Wildman–Crippen LogP) is 1.19. The Morgan fingerprint density at radius 3 is 2.54 bits per heavy atom. The number of imide groups is 1. The van der Waals surface area contributed by atoms with Crippen molar-refractivity contribution in [1.29, 1.82) is 0 Å². The third-order valence-electron chi connectivity index (χ3n) is 5.33. The first-order chi connectivity index (χ1) is 11.4. The first-order valence-electron chi connectivity index (χ1n) is 8.13. The molecule has 2 aliphatic heterocycles. The molecular weight excluding hydrogens is 308 g/mol. The molecule has 1 aromatic rings. The number of benzene rings is 1. The summed E-state index contributed by atoms with van der Waals surface area (Å²) in [6.07, 6.45) is 0. The number of amides is 2. The minimum absolute atomic E-state index is 0.221. The Morgan fingerprint density at radius 2 is 1.96 bits per heavy atom. The molecule has 6 nitrogen and oxygen atoms in total. The molecule has 0 saturated carbocycles. The Morgan fingerprint density at radius 1 is 1.29 bits per heavy atom. The number of carbonyl (C=O) groups excluding carboxylic acids is 3. The zero-order valence-corrected chi connectivity index (χ0v) is 14.3. The van der Waals surface area contributed by atoms with Crippen molar-refractivity contribution in [3.8, 4) is 0 Å². The van der Waals surface area contributed by atoms with E-state index < -0.39 is 29.4 Å². The molecule has 1 aromatic carbocycles. The van der Waals surface area contributed by atoms with Gasteiger partial charge in [0.05, 0.1) is 18.9 Å². The average molecular weight is 330 g/mol. The van der Waals surface area contributed by atoms with E-state index >= 15 is 0 Å². The molecule has 2 saturated heterocycles. The fraction of sp³-hybridized carbons (Fsp3) is 0.500. The van der Waals surface area contributed by atoms with Crippen molar-refractivity contribution in [3.63, 3.8) is 0 Å². The molecule has 0 radical (unpaired) electrons. The number of nitrogens with one attached hydrogen (secondary N) is 1. The normalized spacial score (nSPS) is 32.2. The first-order valence-corrected chi connectivity index (χ1v) is 8.13. The van der Waals surface area contributed by atoms with Crippen LogP contribution < -0.4 is 5.32 Å². The third-order valence-corrected chi connectivity index (χ3v) is 5.33. The van der Waals surface area contributed by atoms with Gasteiger partial charge in [-0.25, -0.2) is 0 Å². The van der Waals surface area contributed by atoms with Crippen LogP contribution in [0.25, 0.3) is 0 Å². The lowest BCUT2D eigenvalue weighted by Crippen LogP contribution is -2.53. The van der Waals surface area contributed by atoms with E-state index in [0.29, 0.717) is 6.54 Å². The monoisotopic (exact) mass is 330 g/mol. The zero-order valence-electron chi connectivity index (χ0n) is 14.3. The maximum atomic E-state index is 12.8. The molecule has 0 aliphatic carbocycles. The van der Waals surface area contributed by atoms with Crippen LogP contribution in [0, 0.1) is 18.8 Å². The molecule has 0 spiro atoms. The van der Waals surface area contributed by atoms with Crippen LogP contribution in [0.5, 0.6) is 0 Å². The summed E-state index contributed by atoms with van der Waals surface area (Å²) >= 11 is 0. The minimum Gasteiger partial charge on any atom is -0.468 e. The number of methoxy groups -OCH3 is 1. The highest BCUT2D eigenvalue weighted by Gasteiger charge is 2.66. The van der Waals surface area contributed by atoms with Crippen LogP contribution in [0.15, 0.2) is 24.3 Å². The number of fused-ring (bicyclic) bond motifs is 1. The van der Waals surface area contributed by atoms with Crippen LogP contribution in [-0.2, 0) is 19.1 Å². The molecule has 0 bridgehead atoms. The highest BCUT2D eigenvalue weighted by Crippen LogP contribution is 2.49. The van der Waals surface area contributed by atoms with Crippen molar-refractivity contribution < 1.29 is 19.1 Å². The lowest BCUT2D eigenvalue weighted by Gasteiger charge is -2.28. The summed E-state index contributed by atoms with van der Waals surface area (Å²) in [5.41, 5.74) is 0.723. The fourth-order valence-electron chi connectivity index (χ4n) is 4.11. The van der Waals surface area contributed by atoms with Crippen LogP contribution in [-0.4, -0.2) is 41.9 Å². The van der Waals surface area contributed by atoms with Gasteiger partial charge in [-0.1, -0.05) is 24.3 Å². The summed E-state index contributed by atoms with van der Waals surface area (Å²) in [6, 6.07) is 7.31. The first kappa shape index (κ1) is 16.6. The standard InChI is InChI=1S/C18H22N2O4/c1-5-20-15(21)12-13(16(20)22)18(3,17(23)24-4)19-14(12)11-9-7-6-8-10(11)2/h6-9,12-14,19H,5H2,1-4H3. The smallest absolute Gasteiger partial charge is 0.326 e. The lowest BCUT2D eigenvalue weighted by molar-refractivity contribution is -0.153. The van der Waals surface area contributed by atoms with Crippen molar-refractivity contribution in [2.24, 2.45) is 11.8 Å². The van der Waals surface area contributed by atoms with E-state index in [1.165, 1.54) is 12.0 Å². The van der Waals surface area contributed by atoms with E-state index in [1.54, 1.807) is 13.8 Å². The molecule has 4 atom stereocenters. The summed E-state index contributed by atoms with van der Waals surface area (Å²) in [4.78, 5) is 39.3. The topological polar surface area (TPSA) is 75.7 Å². The van der Waals surface area contributed by atoms with Crippen molar-refractivity contribution in [2.75, 3.05) is 13.7 Å². The molecule has 1 N–H and O–H groups in total. The van der Waals surface area contributed by atoms with Crippen molar-refractivity contribution >= 4 is 17.8 Å². The molecular formula is C18H22N2O4. The van der Waals surface area contributed by atoms with Gasteiger partial charge >= 0.3 is 5.97 Å². The quantitative estimate of drug-likeness (QED) is 0.665. The van der Waals surface area contributed by atoms with Gasteiger partial charge in [-0.2, -0.15) is 0 Å². The molecule has 24 heavy (non-hydrogen) atoms. The summed E-state index contributed by atoms with van der Waals surface area (Å²) in [6.45, 7) is 5.68. The van der Waals surface area contributed by atoms with Crippen molar-refractivity contribution in [2.45, 2.75) is 32.4 Å². The van der Waals surface area contributed by atoms with Gasteiger partial charge in [0.1, 0.15) is 5.54 Å². The van der Waals surface area contributed by atoms with Gasteiger partial charge in [-0.15, -0.1) is 0 Å². The Balaban J connectivity index is 2.13. The molecule has 2 amide bonds. The fourth-order valence-corrected chi connectivity index (χ4v) is 4.11. The van der Waals surface area contributed by atoms with Gasteiger partial charge in [0, 0.05) is 12.6 Å². The van der Waals surface area contributed by atoms with Gasteiger partial charge in [0.15, 0.2) is 0 Å². The highest BCUT2D eigenvalue weighted by molar-refractivity contribution is 6.09. The maximum absolute atomic E-state index is 12.8. The van der Waals surface area contributed by atoms with Crippen molar-refractivity contribution in [1.82, 2.24) is 10.2 Å². The number of nitrogens with zero attached hydrogens (tertiary/aromatic N) is 1. The predicted molar refractivity (Wildman–Crippen MR) is 86.9 cm³/mol. The highest BCUT2D eigenvalue weighted by atomic mass is 16.5. The number of aryl methyl sites for hydroxylation is 1. The van der Waals surface area contributed by atoms with Crippen LogP contribution in [0.3, 0.4) is 0 Å². The van der Waals surface area contributed by atoms with E-state index in [2.05, 4.69) is 5.32 Å². The minimum atomic E-state index is -1.22. The number of hydrogen-bond acceptors (Lipinski definition) is 5. The summed E-state index contributed by atoms with van der Waals surface area (Å²) < 4.78 is 4.93. The van der Waals surface area contributed by atoms with E-state index in [0.717, 1.165) is 11.1 Å². The number of carbonyl (C=O) groups is 3. The summed E-state index contributed by atoms with van der Waals surface area (Å²) in [7, 11) is 1.30. The number of rotatable bonds is 3. The number of likely N-dealkylation sites (tertiary alicyclic amines) is 1. The van der Waals surface area contributed by atoms with Gasteiger partial charge < -0.3 is 4.74 Å². The Labute approximate surface area is 141 Å². The number of hydrogen-bond donors (Lipinski definition) is 1. The van der Waals surface area contributed by atoms with E-state index in [4.69, 9.17) is 4.74 Å². The molecule has 2 fully saturated rings. The van der Waals surface area contributed by atoms with Gasteiger partial charge in [-0.05, 0) is 31.9 Å². The Hall–Kier alpha value is -2.21. The molecule has 4 unspecified atom stereocenters. The zero-order chi connectivity index (χ0) is 17.6. The third kappa shape index (κ3) is 2.09. The van der Waals surface area contributed by atoms with Crippen LogP contribution in [0.2, 0.25) is 0 Å². The van der Waals surface area contributed by atoms with Gasteiger partial charge in [-0.3, -0.25) is 24.6 Å². The Bertz CT molecular complexity index is 717. The van der Waals surface area contributed by atoms with Crippen molar-refractivity contribution in [3.05, 3.63) is 35.4 Å². The van der Waals surface area contributed by atoms with Gasteiger partial charge in [0.25, 0.3) is 0 Å². The van der Waals surface area contributed by atoms with E-state index in [1.807, 2.05) is 31.2 Å². The lowest BCUT2D eigenvalue weighted by atomic mass is 9.80. The SMILES string of the molecule is CCN1C(=O)C2C(c3ccccc3C)NC(C)(C(=O)OC)C2C1=O. The molecule has 2 aliphatic rings. The maximum Gasteiger partial charge on any atom is 0.326 e. The molecule has 0 aromatic heterocycles. The van der Waals surface area contributed by atoms with Gasteiger partial charge in [0.2, 0.25) is 11.8 Å². The number of ether oxygens (including phenoxy) is 1. The van der Waals surface area contributed by atoms with E-state index in [-0.39, 0.29) is 11.8 Å². The summed E-state index contributed by atoms with van der Waals surface area (Å²) in [5, 5.41) is 3.24. The second kappa shape index (κ2) is 5.70. The largest absolute Gasteiger partial charge is 0.468 e. The van der Waals surface area contributed by atoms with Crippen LogP contribution in [0.4, 0.5) is 0 Å². The van der Waals surface area contributed by atoms with Crippen LogP contribution >= 0.6 is 0 Å². The Kier molecular flexibility index (Phi) is 3.95. The average Bonchev–Trinajstić information content (AvgIpc) is 3.02. The molecule has 6 heteroatoms.